The maximum absolute atomic E-state index is 12.3. The standard InChI is InChI=1S/C23H27N3O2/c27-22(17-25-14-12-20(16-25)19-5-2-1-3-6-19)24-15-18-8-10-21(11-9-18)26-13-4-7-23(26)28/h1-3,5-6,8-11,20H,4,7,12-17H2,(H,24,27)/t20-/m0/s1. The molecule has 2 aliphatic heterocycles. The summed E-state index contributed by atoms with van der Waals surface area (Å²) in [5.74, 6) is 0.780. The fourth-order valence-corrected chi connectivity index (χ4v) is 4.15. The van der Waals surface area contributed by atoms with Crippen molar-refractivity contribution in [3.8, 4) is 0 Å². The zero-order valence-electron chi connectivity index (χ0n) is 16.1. The Balaban J connectivity index is 1.23. The summed E-state index contributed by atoms with van der Waals surface area (Å²) in [6.45, 7) is 3.67. The van der Waals surface area contributed by atoms with Crippen LogP contribution in [0.5, 0.6) is 0 Å². The molecule has 0 spiro atoms. The Kier molecular flexibility index (Phi) is 5.72. The van der Waals surface area contributed by atoms with Crippen molar-refractivity contribution in [2.24, 2.45) is 0 Å². The molecule has 1 N–H and O–H groups in total. The van der Waals surface area contributed by atoms with Crippen LogP contribution in [-0.2, 0) is 16.1 Å². The second kappa shape index (κ2) is 8.57. The third-order valence-electron chi connectivity index (χ3n) is 5.72. The van der Waals surface area contributed by atoms with Crippen LogP contribution in [0.3, 0.4) is 0 Å². The van der Waals surface area contributed by atoms with Crippen molar-refractivity contribution in [3.63, 3.8) is 0 Å². The number of likely N-dealkylation sites (tertiary alicyclic amines) is 1. The zero-order valence-corrected chi connectivity index (χ0v) is 16.1. The molecule has 0 radical (unpaired) electrons. The highest BCUT2D eigenvalue weighted by atomic mass is 16.2. The molecule has 2 aliphatic rings. The summed E-state index contributed by atoms with van der Waals surface area (Å²) in [5, 5.41) is 3.02. The molecule has 2 saturated heterocycles. The van der Waals surface area contributed by atoms with Crippen molar-refractivity contribution in [1.82, 2.24) is 10.2 Å². The first-order valence-electron chi connectivity index (χ1n) is 10.1. The molecule has 4 rings (SSSR count). The lowest BCUT2D eigenvalue weighted by Crippen LogP contribution is -2.35. The summed E-state index contributed by atoms with van der Waals surface area (Å²) in [7, 11) is 0. The Morgan fingerprint density at radius 3 is 2.54 bits per heavy atom. The second-order valence-corrected chi connectivity index (χ2v) is 7.72. The molecule has 0 bridgehead atoms. The van der Waals surface area contributed by atoms with E-state index in [1.807, 2.05) is 35.2 Å². The number of benzene rings is 2. The van der Waals surface area contributed by atoms with Crippen LogP contribution in [0.4, 0.5) is 5.69 Å². The monoisotopic (exact) mass is 377 g/mol. The number of carbonyl (C=O) groups excluding carboxylic acids is 2. The van der Waals surface area contributed by atoms with E-state index in [1.54, 1.807) is 0 Å². The van der Waals surface area contributed by atoms with E-state index in [0.717, 1.165) is 43.7 Å². The molecule has 0 unspecified atom stereocenters. The van der Waals surface area contributed by atoms with Crippen LogP contribution >= 0.6 is 0 Å². The second-order valence-electron chi connectivity index (χ2n) is 7.72. The molecule has 2 aromatic carbocycles. The lowest BCUT2D eigenvalue weighted by molar-refractivity contribution is -0.122. The lowest BCUT2D eigenvalue weighted by Gasteiger charge is -2.17. The molecule has 2 aromatic rings. The molecule has 0 aliphatic carbocycles. The molecule has 5 heteroatoms. The summed E-state index contributed by atoms with van der Waals surface area (Å²) in [6.07, 6.45) is 2.67. The van der Waals surface area contributed by atoms with Crippen LogP contribution in [0, 0.1) is 0 Å². The van der Waals surface area contributed by atoms with Gasteiger partial charge in [-0.15, -0.1) is 0 Å². The van der Waals surface area contributed by atoms with Crippen molar-refractivity contribution in [3.05, 3.63) is 65.7 Å². The van der Waals surface area contributed by atoms with Gasteiger partial charge in [0, 0.05) is 31.7 Å². The van der Waals surface area contributed by atoms with Crippen molar-refractivity contribution >= 4 is 17.5 Å². The topological polar surface area (TPSA) is 52.7 Å². The van der Waals surface area contributed by atoms with Gasteiger partial charge in [0.05, 0.1) is 6.54 Å². The third-order valence-corrected chi connectivity index (χ3v) is 5.72. The molecule has 2 fully saturated rings. The number of hydrogen-bond acceptors (Lipinski definition) is 3. The van der Waals surface area contributed by atoms with E-state index in [-0.39, 0.29) is 11.8 Å². The van der Waals surface area contributed by atoms with E-state index < -0.39 is 0 Å². The van der Waals surface area contributed by atoms with Crippen molar-refractivity contribution in [2.75, 3.05) is 31.1 Å². The highest BCUT2D eigenvalue weighted by Gasteiger charge is 2.25. The molecule has 2 heterocycles. The van der Waals surface area contributed by atoms with Gasteiger partial charge in [0.2, 0.25) is 11.8 Å². The Labute approximate surface area is 166 Å². The van der Waals surface area contributed by atoms with Gasteiger partial charge in [-0.2, -0.15) is 0 Å². The first-order valence-corrected chi connectivity index (χ1v) is 10.1. The highest BCUT2D eigenvalue weighted by molar-refractivity contribution is 5.95. The van der Waals surface area contributed by atoms with Gasteiger partial charge in [-0.05, 0) is 48.6 Å². The molecule has 28 heavy (non-hydrogen) atoms. The Morgan fingerprint density at radius 2 is 1.82 bits per heavy atom. The molecular formula is C23H27N3O2. The zero-order chi connectivity index (χ0) is 19.3. The summed E-state index contributed by atoms with van der Waals surface area (Å²) < 4.78 is 0. The van der Waals surface area contributed by atoms with Crippen LogP contribution in [-0.4, -0.2) is 42.9 Å². The quantitative estimate of drug-likeness (QED) is 0.842. The van der Waals surface area contributed by atoms with E-state index in [9.17, 15) is 9.59 Å². The summed E-state index contributed by atoms with van der Waals surface area (Å²) in [6, 6.07) is 18.5. The van der Waals surface area contributed by atoms with Gasteiger partial charge >= 0.3 is 0 Å². The Bertz CT molecular complexity index is 820. The number of nitrogens with zero attached hydrogens (tertiary/aromatic N) is 2. The van der Waals surface area contributed by atoms with Gasteiger partial charge in [0.15, 0.2) is 0 Å². The van der Waals surface area contributed by atoms with Crippen LogP contribution in [0.1, 0.15) is 36.3 Å². The molecule has 0 saturated carbocycles. The van der Waals surface area contributed by atoms with E-state index >= 15 is 0 Å². The summed E-state index contributed by atoms with van der Waals surface area (Å²) in [5.41, 5.74) is 3.36. The van der Waals surface area contributed by atoms with Crippen LogP contribution in [0.25, 0.3) is 0 Å². The van der Waals surface area contributed by atoms with Gasteiger partial charge in [0.25, 0.3) is 0 Å². The lowest BCUT2D eigenvalue weighted by atomic mass is 9.99. The minimum atomic E-state index is 0.0625. The Morgan fingerprint density at radius 1 is 1.04 bits per heavy atom. The van der Waals surface area contributed by atoms with E-state index in [4.69, 9.17) is 0 Å². The molecule has 0 aromatic heterocycles. The molecule has 1 atom stereocenters. The first-order chi connectivity index (χ1) is 13.7. The van der Waals surface area contributed by atoms with E-state index in [1.165, 1.54) is 5.56 Å². The van der Waals surface area contributed by atoms with Crippen molar-refractivity contribution in [2.45, 2.75) is 31.7 Å². The van der Waals surface area contributed by atoms with Crippen molar-refractivity contribution in [1.29, 1.82) is 0 Å². The van der Waals surface area contributed by atoms with Crippen molar-refractivity contribution < 1.29 is 9.59 Å². The third kappa shape index (κ3) is 4.42. The summed E-state index contributed by atoms with van der Waals surface area (Å²) in [4.78, 5) is 28.2. The average Bonchev–Trinajstić information content (AvgIpc) is 3.36. The minimum absolute atomic E-state index is 0.0625. The predicted octanol–water partition coefficient (Wildman–Crippen LogP) is 2.92. The number of rotatable bonds is 6. The molecule has 146 valence electrons. The van der Waals surface area contributed by atoms with E-state index in [2.05, 4.69) is 34.5 Å². The average molecular weight is 377 g/mol. The smallest absolute Gasteiger partial charge is 0.234 e. The number of hydrogen-bond donors (Lipinski definition) is 1. The fraction of sp³-hybridized carbons (Fsp3) is 0.391. The van der Waals surface area contributed by atoms with Crippen LogP contribution in [0.15, 0.2) is 54.6 Å². The predicted molar refractivity (Wildman–Crippen MR) is 110 cm³/mol. The summed E-state index contributed by atoms with van der Waals surface area (Å²) >= 11 is 0. The normalized spacial score (nSPS) is 19.9. The number of anilines is 1. The minimum Gasteiger partial charge on any atom is -0.351 e. The fourth-order valence-electron chi connectivity index (χ4n) is 4.15. The van der Waals surface area contributed by atoms with Gasteiger partial charge in [-0.25, -0.2) is 0 Å². The van der Waals surface area contributed by atoms with E-state index in [0.29, 0.717) is 25.4 Å². The highest BCUT2D eigenvalue weighted by Crippen LogP contribution is 2.26. The maximum Gasteiger partial charge on any atom is 0.234 e. The Hall–Kier alpha value is -2.66. The van der Waals surface area contributed by atoms with Crippen LogP contribution in [0.2, 0.25) is 0 Å². The first kappa shape index (κ1) is 18.7. The van der Waals surface area contributed by atoms with Crippen LogP contribution < -0.4 is 10.2 Å². The van der Waals surface area contributed by atoms with Gasteiger partial charge in [-0.1, -0.05) is 42.5 Å². The van der Waals surface area contributed by atoms with Gasteiger partial charge in [-0.3, -0.25) is 14.5 Å². The largest absolute Gasteiger partial charge is 0.351 e. The SMILES string of the molecule is O=C(CN1CC[C@H](c2ccccc2)C1)NCc1ccc(N2CCCC2=O)cc1. The van der Waals surface area contributed by atoms with Gasteiger partial charge < -0.3 is 10.2 Å². The van der Waals surface area contributed by atoms with Gasteiger partial charge in [0.1, 0.15) is 0 Å². The molecule has 2 amide bonds. The molecule has 5 nitrogen and oxygen atoms in total. The number of carbonyl (C=O) groups is 2. The maximum atomic E-state index is 12.3. The number of nitrogens with one attached hydrogen (secondary N) is 1. The molecular weight excluding hydrogens is 350 g/mol. The number of amides is 2.